The number of hydrogen-bond donors (Lipinski definition) is 0. The van der Waals surface area contributed by atoms with Gasteiger partial charge in [0.25, 0.3) is 0 Å². The third-order valence-corrected chi connectivity index (χ3v) is 2.91. The van der Waals surface area contributed by atoms with E-state index in [0.717, 1.165) is 17.8 Å². The van der Waals surface area contributed by atoms with Crippen molar-refractivity contribution in [1.29, 1.82) is 0 Å². The van der Waals surface area contributed by atoms with Crippen LogP contribution in [0, 0.1) is 30.6 Å². The van der Waals surface area contributed by atoms with Crippen LogP contribution in [0.15, 0.2) is 25.3 Å². The summed E-state index contributed by atoms with van der Waals surface area (Å²) in [5.74, 6) is 2.33. The van der Waals surface area contributed by atoms with Crippen LogP contribution in [0.2, 0.25) is 0 Å². The van der Waals surface area contributed by atoms with Crippen molar-refractivity contribution in [3.8, 4) is 12.8 Å². The Labute approximate surface area is 82.7 Å². The first-order chi connectivity index (χ1) is 6.27. The van der Waals surface area contributed by atoms with E-state index in [2.05, 4.69) is 45.1 Å². The molecule has 0 saturated heterocycles. The van der Waals surface area contributed by atoms with Gasteiger partial charge in [0.2, 0.25) is 0 Å². The van der Waals surface area contributed by atoms with Crippen LogP contribution in [0.4, 0.5) is 0 Å². The second kappa shape index (κ2) is 6.54. The second-order valence-electron chi connectivity index (χ2n) is 3.69. The fraction of sp³-hybridized carbons (Fsp3) is 0.538. The molecule has 0 aromatic rings. The van der Waals surface area contributed by atoms with Crippen molar-refractivity contribution >= 4 is 0 Å². The zero-order valence-electron chi connectivity index (χ0n) is 8.58. The van der Waals surface area contributed by atoms with Gasteiger partial charge in [-0.2, -0.15) is 0 Å². The predicted molar refractivity (Wildman–Crippen MR) is 60.3 cm³/mol. The fourth-order valence-corrected chi connectivity index (χ4v) is 2.03. The average Bonchev–Trinajstić information content (AvgIpc) is 2.20. The van der Waals surface area contributed by atoms with Crippen molar-refractivity contribution < 1.29 is 0 Å². The molecule has 3 atom stereocenters. The van der Waals surface area contributed by atoms with Crippen molar-refractivity contribution in [2.75, 3.05) is 0 Å². The molecule has 0 nitrogen and oxygen atoms in total. The average molecular weight is 176 g/mol. The minimum absolute atomic E-state index is 0.756. The van der Waals surface area contributed by atoms with Gasteiger partial charge in [-0.25, -0.2) is 0 Å². The molecule has 0 bridgehead atoms. The summed E-state index contributed by atoms with van der Waals surface area (Å²) in [6, 6.07) is 0. The normalized spacial score (nSPS) is 32.4. The second-order valence-corrected chi connectivity index (χ2v) is 3.69. The lowest BCUT2D eigenvalue weighted by molar-refractivity contribution is 0.261. The van der Waals surface area contributed by atoms with E-state index in [1.165, 1.54) is 19.3 Å². The summed E-state index contributed by atoms with van der Waals surface area (Å²) < 4.78 is 0. The molecule has 1 aliphatic rings. The highest BCUT2D eigenvalue weighted by molar-refractivity contribution is 4.92. The fourth-order valence-electron chi connectivity index (χ4n) is 2.03. The zero-order valence-corrected chi connectivity index (χ0v) is 8.58. The highest BCUT2D eigenvalue weighted by Gasteiger charge is 2.23. The van der Waals surface area contributed by atoms with Gasteiger partial charge >= 0.3 is 0 Å². The summed E-state index contributed by atoms with van der Waals surface area (Å²) >= 11 is 0. The molecule has 0 aromatic heterocycles. The first-order valence-electron chi connectivity index (χ1n) is 4.86. The van der Waals surface area contributed by atoms with Crippen molar-refractivity contribution in [3.63, 3.8) is 0 Å². The van der Waals surface area contributed by atoms with Crippen LogP contribution in [0.25, 0.3) is 0 Å². The first kappa shape index (κ1) is 12.0. The van der Waals surface area contributed by atoms with Crippen LogP contribution in [-0.4, -0.2) is 0 Å². The number of terminal acetylenes is 1. The third-order valence-electron chi connectivity index (χ3n) is 2.91. The van der Waals surface area contributed by atoms with Gasteiger partial charge in [-0.3, -0.25) is 0 Å². The molecule has 0 amide bonds. The van der Waals surface area contributed by atoms with Crippen LogP contribution < -0.4 is 0 Å². The van der Waals surface area contributed by atoms with Gasteiger partial charge < -0.3 is 0 Å². The Morgan fingerprint density at radius 2 is 1.77 bits per heavy atom. The highest BCUT2D eigenvalue weighted by Crippen LogP contribution is 2.34. The molecule has 0 radical (unpaired) electrons. The lowest BCUT2D eigenvalue weighted by Gasteiger charge is -2.30. The van der Waals surface area contributed by atoms with E-state index in [4.69, 9.17) is 0 Å². The van der Waals surface area contributed by atoms with E-state index < -0.39 is 0 Å². The molecule has 13 heavy (non-hydrogen) atoms. The highest BCUT2D eigenvalue weighted by atomic mass is 14.3. The van der Waals surface area contributed by atoms with E-state index in [9.17, 15) is 0 Å². The van der Waals surface area contributed by atoms with Crippen LogP contribution in [0.5, 0.6) is 0 Å². The SMILES string of the molecule is C#C.C=CC1CCC(C=C)C(C)C1. The number of hydrogen-bond acceptors (Lipinski definition) is 0. The quantitative estimate of drug-likeness (QED) is 0.445. The van der Waals surface area contributed by atoms with Crippen LogP contribution in [0.3, 0.4) is 0 Å². The molecule has 1 fully saturated rings. The molecule has 0 heterocycles. The third kappa shape index (κ3) is 3.51. The summed E-state index contributed by atoms with van der Waals surface area (Å²) in [5, 5.41) is 0. The van der Waals surface area contributed by atoms with E-state index in [1.54, 1.807) is 0 Å². The van der Waals surface area contributed by atoms with E-state index in [1.807, 2.05) is 0 Å². The Bertz CT molecular complexity index is 176. The molecule has 1 aliphatic carbocycles. The minimum atomic E-state index is 0.756. The molecule has 0 spiro atoms. The maximum atomic E-state index is 4.00. The van der Waals surface area contributed by atoms with Crippen molar-refractivity contribution in [2.45, 2.75) is 26.2 Å². The van der Waals surface area contributed by atoms with Crippen LogP contribution in [-0.2, 0) is 0 Å². The summed E-state index contributed by atoms with van der Waals surface area (Å²) in [4.78, 5) is 0. The molecule has 1 rings (SSSR count). The van der Waals surface area contributed by atoms with Gasteiger partial charge in [-0.1, -0.05) is 19.1 Å². The predicted octanol–water partition coefficient (Wildman–Crippen LogP) is 3.66. The summed E-state index contributed by atoms with van der Waals surface area (Å²) in [7, 11) is 0. The van der Waals surface area contributed by atoms with E-state index >= 15 is 0 Å². The number of allylic oxidation sites excluding steroid dienone is 2. The monoisotopic (exact) mass is 176 g/mol. The molecule has 72 valence electrons. The molecular weight excluding hydrogens is 156 g/mol. The van der Waals surface area contributed by atoms with Crippen molar-refractivity contribution in [2.24, 2.45) is 17.8 Å². The van der Waals surface area contributed by atoms with Gasteiger partial charge in [0.05, 0.1) is 0 Å². The summed E-state index contributed by atoms with van der Waals surface area (Å²) in [6.45, 7) is 10.0. The van der Waals surface area contributed by atoms with Gasteiger partial charge in [0, 0.05) is 0 Å². The van der Waals surface area contributed by atoms with Crippen molar-refractivity contribution in [3.05, 3.63) is 25.3 Å². The molecular formula is C13H20. The Hall–Kier alpha value is -0.960. The Kier molecular flexibility index (Phi) is 6.06. The number of rotatable bonds is 2. The summed E-state index contributed by atoms with van der Waals surface area (Å²) in [5.41, 5.74) is 0. The maximum Gasteiger partial charge on any atom is -0.0210 e. The summed E-state index contributed by atoms with van der Waals surface area (Å²) in [6.07, 6.45) is 16.1. The maximum absolute atomic E-state index is 4.00. The molecule has 1 saturated carbocycles. The molecule has 0 heteroatoms. The molecule has 0 aromatic carbocycles. The Balaban J connectivity index is 0.000000671. The molecule has 0 aliphatic heterocycles. The van der Waals surface area contributed by atoms with E-state index in [0.29, 0.717) is 0 Å². The first-order valence-corrected chi connectivity index (χ1v) is 4.86. The molecule has 3 unspecified atom stereocenters. The lowest BCUT2D eigenvalue weighted by Crippen LogP contribution is -2.19. The minimum Gasteiger partial charge on any atom is -0.124 e. The van der Waals surface area contributed by atoms with E-state index in [-0.39, 0.29) is 0 Å². The smallest absolute Gasteiger partial charge is 0.0210 e. The van der Waals surface area contributed by atoms with Gasteiger partial charge in [0.1, 0.15) is 0 Å². The van der Waals surface area contributed by atoms with Crippen molar-refractivity contribution in [1.82, 2.24) is 0 Å². The zero-order chi connectivity index (χ0) is 10.3. The Morgan fingerprint density at radius 1 is 1.15 bits per heavy atom. The lowest BCUT2D eigenvalue weighted by atomic mass is 9.75. The van der Waals surface area contributed by atoms with Crippen LogP contribution in [0.1, 0.15) is 26.2 Å². The van der Waals surface area contributed by atoms with Gasteiger partial charge in [-0.05, 0) is 37.0 Å². The van der Waals surface area contributed by atoms with Gasteiger partial charge in [-0.15, -0.1) is 26.0 Å². The Morgan fingerprint density at radius 3 is 2.15 bits per heavy atom. The standard InChI is InChI=1S/C11H18.C2H2/c1-4-10-6-7-11(5-2)9(3)8-10;1-2/h4-5,9-11H,1-2,6-8H2,3H3;1-2H. The topological polar surface area (TPSA) is 0 Å². The largest absolute Gasteiger partial charge is 0.124 e. The molecule has 0 N–H and O–H groups in total. The van der Waals surface area contributed by atoms with Gasteiger partial charge in [0.15, 0.2) is 0 Å². The van der Waals surface area contributed by atoms with Crippen LogP contribution >= 0.6 is 0 Å².